The fourth-order valence-electron chi connectivity index (χ4n) is 2.62. The minimum absolute atomic E-state index is 0.0870. The summed E-state index contributed by atoms with van der Waals surface area (Å²) in [6.07, 6.45) is 9.52. The molecule has 0 bridgehead atoms. The van der Waals surface area contributed by atoms with E-state index in [0.717, 1.165) is 17.7 Å². The monoisotopic (exact) mass is 449 g/mol. The van der Waals surface area contributed by atoms with Gasteiger partial charge in [0.2, 0.25) is 12.3 Å². The highest BCUT2D eigenvalue weighted by Crippen LogP contribution is 2.32. The number of nitrogens with one attached hydrogen (secondary N) is 1. The van der Waals surface area contributed by atoms with Crippen molar-refractivity contribution in [2.24, 2.45) is 5.92 Å². The molecule has 0 heterocycles. The predicted molar refractivity (Wildman–Crippen MR) is 117 cm³/mol. The summed E-state index contributed by atoms with van der Waals surface area (Å²) >= 11 is 0. The third-order valence-corrected chi connectivity index (χ3v) is 4.77. The molecule has 0 radical (unpaired) electrons. The van der Waals surface area contributed by atoms with Crippen molar-refractivity contribution in [2.75, 3.05) is 27.2 Å². The lowest BCUT2D eigenvalue weighted by Gasteiger charge is -2.24. The normalized spacial score (nSPS) is 15.1. The molecule has 3 amide bonds. The van der Waals surface area contributed by atoms with Gasteiger partial charge in [0, 0.05) is 19.3 Å². The van der Waals surface area contributed by atoms with Gasteiger partial charge < -0.3 is 25.2 Å². The Balaban J connectivity index is 3.41. The molecule has 0 atom stereocenters. The standard InChI is InChI=1S/C22H31N3O7/c1-5-6-7-17(12-15(2)32-4)24(3)21(30)19(20(29)23-13-18(27)28)22(31)25(14-26)11-10-16-8-9-16/h5-7,12,14,16,30H,8-11,13H2,1-4H3,(H,23,29)(H,27,28)/b6-5-,15-12+,17-7+,21-19+. The lowest BCUT2D eigenvalue weighted by Crippen LogP contribution is -2.41. The van der Waals surface area contributed by atoms with Crippen LogP contribution in [0.2, 0.25) is 0 Å². The van der Waals surface area contributed by atoms with Gasteiger partial charge in [-0.2, -0.15) is 0 Å². The molecular weight excluding hydrogens is 418 g/mol. The number of ether oxygens (including phenoxy) is 1. The van der Waals surface area contributed by atoms with E-state index in [1.54, 1.807) is 38.2 Å². The molecule has 1 fully saturated rings. The fraction of sp³-hybridized carbons (Fsp3) is 0.455. The number of likely N-dealkylation sites (N-methyl/N-ethyl adjacent to an activating group) is 1. The van der Waals surface area contributed by atoms with Crippen LogP contribution in [0.5, 0.6) is 0 Å². The van der Waals surface area contributed by atoms with Crippen molar-refractivity contribution in [1.82, 2.24) is 15.1 Å². The lowest BCUT2D eigenvalue weighted by molar-refractivity contribution is -0.140. The Bertz CT molecular complexity index is 838. The molecule has 0 unspecified atom stereocenters. The average Bonchev–Trinajstić information content (AvgIpc) is 3.59. The van der Waals surface area contributed by atoms with Gasteiger partial charge in [-0.15, -0.1) is 0 Å². The number of hydrogen-bond donors (Lipinski definition) is 3. The van der Waals surface area contributed by atoms with Crippen LogP contribution >= 0.6 is 0 Å². The van der Waals surface area contributed by atoms with Crippen LogP contribution in [0.4, 0.5) is 0 Å². The molecule has 10 nitrogen and oxygen atoms in total. The van der Waals surface area contributed by atoms with Crippen LogP contribution < -0.4 is 5.32 Å². The number of methoxy groups -OCH3 is 1. The smallest absolute Gasteiger partial charge is 0.322 e. The Morgan fingerprint density at radius 3 is 2.38 bits per heavy atom. The van der Waals surface area contributed by atoms with Crippen molar-refractivity contribution >= 4 is 24.2 Å². The van der Waals surface area contributed by atoms with Gasteiger partial charge in [-0.1, -0.05) is 25.0 Å². The molecule has 0 saturated heterocycles. The number of carbonyl (C=O) groups is 4. The first-order valence-electron chi connectivity index (χ1n) is 10.1. The first-order valence-corrected chi connectivity index (χ1v) is 10.1. The van der Waals surface area contributed by atoms with Crippen molar-refractivity contribution in [1.29, 1.82) is 0 Å². The van der Waals surface area contributed by atoms with E-state index in [9.17, 15) is 24.3 Å². The van der Waals surface area contributed by atoms with E-state index in [0.29, 0.717) is 30.2 Å². The minimum atomic E-state index is -1.33. The molecule has 3 N–H and O–H groups in total. The molecule has 10 heteroatoms. The highest BCUT2D eigenvalue weighted by Gasteiger charge is 2.32. The summed E-state index contributed by atoms with van der Waals surface area (Å²) in [4.78, 5) is 50.1. The minimum Gasteiger partial charge on any atom is -0.501 e. The second-order valence-corrected chi connectivity index (χ2v) is 7.25. The number of rotatable bonds is 13. The summed E-state index contributed by atoms with van der Waals surface area (Å²) in [5.74, 6) is -3.29. The third kappa shape index (κ3) is 8.29. The zero-order valence-corrected chi connectivity index (χ0v) is 18.8. The molecule has 0 aliphatic heterocycles. The van der Waals surface area contributed by atoms with Gasteiger partial charge in [0.1, 0.15) is 6.54 Å². The molecule has 1 saturated carbocycles. The lowest BCUT2D eigenvalue weighted by atomic mass is 10.1. The van der Waals surface area contributed by atoms with Crippen molar-refractivity contribution < 1.29 is 34.1 Å². The quantitative estimate of drug-likeness (QED) is 0.0965. The topological polar surface area (TPSA) is 136 Å². The highest BCUT2D eigenvalue weighted by molar-refractivity contribution is 6.20. The Hall–Kier alpha value is -3.56. The van der Waals surface area contributed by atoms with Gasteiger partial charge >= 0.3 is 5.97 Å². The Morgan fingerprint density at radius 1 is 1.22 bits per heavy atom. The second-order valence-electron chi connectivity index (χ2n) is 7.25. The second kappa shape index (κ2) is 13.0. The number of allylic oxidation sites excluding steroid dienone is 5. The largest absolute Gasteiger partial charge is 0.501 e. The van der Waals surface area contributed by atoms with Crippen molar-refractivity contribution in [3.63, 3.8) is 0 Å². The van der Waals surface area contributed by atoms with E-state index >= 15 is 0 Å². The molecule has 32 heavy (non-hydrogen) atoms. The molecule has 0 spiro atoms. The predicted octanol–water partition coefficient (Wildman–Crippen LogP) is 1.68. The number of hydrogen-bond acceptors (Lipinski definition) is 7. The maximum absolute atomic E-state index is 13.0. The molecule has 1 aliphatic carbocycles. The van der Waals surface area contributed by atoms with Crippen LogP contribution in [-0.4, -0.2) is 71.5 Å². The van der Waals surface area contributed by atoms with Crippen molar-refractivity contribution in [3.05, 3.63) is 47.2 Å². The van der Waals surface area contributed by atoms with E-state index in [4.69, 9.17) is 9.84 Å². The average molecular weight is 450 g/mol. The molecule has 0 aromatic rings. The molecular formula is C22H31N3O7. The highest BCUT2D eigenvalue weighted by atomic mass is 16.5. The number of carboxylic acid groups (broad SMARTS) is 1. The summed E-state index contributed by atoms with van der Waals surface area (Å²) in [6.45, 7) is 2.78. The maximum atomic E-state index is 13.0. The molecule has 1 aliphatic rings. The van der Waals surface area contributed by atoms with E-state index in [1.807, 2.05) is 0 Å². The fourth-order valence-corrected chi connectivity index (χ4v) is 2.62. The van der Waals surface area contributed by atoms with Crippen LogP contribution in [-0.2, 0) is 23.9 Å². The zero-order valence-electron chi connectivity index (χ0n) is 18.8. The Labute approximate surface area is 187 Å². The number of carboxylic acids is 1. The van der Waals surface area contributed by atoms with E-state index in [-0.39, 0.29) is 6.54 Å². The Kier molecular flexibility index (Phi) is 10.7. The van der Waals surface area contributed by atoms with Crippen LogP contribution in [0.3, 0.4) is 0 Å². The zero-order chi connectivity index (χ0) is 24.3. The first kappa shape index (κ1) is 26.5. The van der Waals surface area contributed by atoms with E-state index in [1.165, 1.54) is 19.1 Å². The van der Waals surface area contributed by atoms with Gasteiger partial charge in [-0.25, -0.2) is 0 Å². The van der Waals surface area contributed by atoms with Crippen LogP contribution in [0.25, 0.3) is 0 Å². The summed E-state index contributed by atoms with van der Waals surface area (Å²) in [7, 11) is 2.88. The number of imide groups is 1. The number of nitrogens with zero attached hydrogens (tertiary/aromatic N) is 2. The number of aliphatic hydroxyl groups excluding tert-OH is 1. The number of aliphatic carboxylic acids is 1. The van der Waals surface area contributed by atoms with Crippen LogP contribution in [0, 0.1) is 5.92 Å². The first-order chi connectivity index (χ1) is 15.2. The summed E-state index contributed by atoms with van der Waals surface area (Å²) in [6, 6.07) is 0. The number of aliphatic hydroxyl groups is 1. The van der Waals surface area contributed by atoms with Gasteiger partial charge in [-0.3, -0.25) is 24.1 Å². The van der Waals surface area contributed by atoms with Gasteiger partial charge in [0.15, 0.2) is 5.57 Å². The maximum Gasteiger partial charge on any atom is 0.322 e. The van der Waals surface area contributed by atoms with Crippen LogP contribution in [0.15, 0.2) is 47.2 Å². The molecule has 176 valence electrons. The van der Waals surface area contributed by atoms with Gasteiger partial charge in [0.05, 0.1) is 12.9 Å². The molecule has 0 aromatic carbocycles. The molecule has 0 aromatic heterocycles. The van der Waals surface area contributed by atoms with Crippen molar-refractivity contribution in [2.45, 2.75) is 33.1 Å². The third-order valence-electron chi connectivity index (χ3n) is 4.77. The van der Waals surface area contributed by atoms with E-state index in [2.05, 4.69) is 5.32 Å². The number of amides is 3. The van der Waals surface area contributed by atoms with Crippen molar-refractivity contribution in [3.8, 4) is 0 Å². The summed E-state index contributed by atoms with van der Waals surface area (Å²) in [5, 5.41) is 21.8. The summed E-state index contributed by atoms with van der Waals surface area (Å²) in [5.41, 5.74) is -0.376. The number of carbonyl (C=O) groups excluding carboxylic acids is 3. The summed E-state index contributed by atoms with van der Waals surface area (Å²) < 4.78 is 5.13. The van der Waals surface area contributed by atoms with Gasteiger partial charge in [-0.05, 0) is 38.3 Å². The van der Waals surface area contributed by atoms with Gasteiger partial charge in [0.25, 0.3) is 11.8 Å². The molecule has 1 rings (SSSR count). The Morgan fingerprint density at radius 2 is 1.88 bits per heavy atom. The SMILES string of the molecule is C\C=C/C=C(\C=C(/C)OC)N(C)/C(O)=C(/C(=O)NCC(=O)O)C(=O)N(C=O)CCC1CC1. The van der Waals surface area contributed by atoms with Crippen LogP contribution in [0.1, 0.15) is 33.1 Å². The van der Waals surface area contributed by atoms with E-state index < -0.39 is 35.8 Å².